The lowest BCUT2D eigenvalue weighted by Gasteiger charge is -2.43. The number of aliphatic imine (C=N–C) groups is 2. The Balaban J connectivity index is 2.06. The van der Waals surface area contributed by atoms with Gasteiger partial charge in [-0.25, -0.2) is 32.1 Å². The Morgan fingerprint density at radius 2 is 1.42 bits per heavy atom. The van der Waals surface area contributed by atoms with Gasteiger partial charge in [-0.15, -0.1) is 0 Å². The van der Waals surface area contributed by atoms with E-state index in [4.69, 9.17) is 10.3 Å². The van der Waals surface area contributed by atoms with Crippen molar-refractivity contribution in [3.63, 3.8) is 0 Å². The van der Waals surface area contributed by atoms with Crippen LogP contribution in [0, 0.1) is 0 Å². The fourth-order valence-corrected chi connectivity index (χ4v) is 5.39. The summed E-state index contributed by atoms with van der Waals surface area (Å²) in [7, 11) is -8.37. The Hall–Kier alpha value is -2.85. The highest BCUT2D eigenvalue weighted by atomic mass is 32.2. The molecule has 0 amide bonds. The average molecular weight is 545 g/mol. The van der Waals surface area contributed by atoms with Crippen LogP contribution in [0.5, 0.6) is 0 Å². The second kappa shape index (κ2) is 9.23. The van der Waals surface area contributed by atoms with Gasteiger partial charge in [0.15, 0.2) is 0 Å². The van der Waals surface area contributed by atoms with E-state index in [1.807, 2.05) is 0 Å². The van der Waals surface area contributed by atoms with Gasteiger partial charge in [0, 0.05) is 32.4 Å². The molecule has 0 radical (unpaired) electrons. The first-order chi connectivity index (χ1) is 16.7. The van der Waals surface area contributed by atoms with E-state index in [2.05, 4.69) is 15.3 Å². The summed E-state index contributed by atoms with van der Waals surface area (Å²) in [5.41, 5.74) is -1.31. The zero-order valence-corrected chi connectivity index (χ0v) is 20.3. The number of alkyl halides is 3. The molecule has 5 N–H and O–H groups in total. The summed E-state index contributed by atoms with van der Waals surface area (Å²) in [6, 6.07) is 10.7. The zero-order valence-electron chi connectivity index (χ0n) is 18.7. The smallest absolute Gasteiger partial charge is 0.356 e. The van der Waals surface area contributed by atoms with Crippen molar-refractivity contribution in [2.45, 2.75) is 27.5 Å². The summed E-state index contributed by atoms with van der Waals surface area (Å²) in [6.45, 7) is 1.50. The van der Waals surface area contributed by atoms with Gasteiger partial charge in [0.1, 0.15) is 11.3 Å². The molecule has 2 aromatic carbocycles. The lowest BCUT2D eigenvalue weighted by Crippen LogP contribution is -2.57. The Morgan fingerprint density at radius 1 is 0.917 bits per heavy atom. The quantitative estimate of drug-likeness (QED) is 0.509. The molecule has 4 rings (SSSR count). The molecular formula is C21H23F3N6O4S2. The third-order valence-corrected chi connectivity index (χ3v) is 7.77. The molecule has 0 spiro atoms. The first-order valence-corrected chi connectivity index (χ1v) is 13.7. The number of benzene rings is 2. The maximum absolute atomic E-state index is 13.7. The minimum absolute atomic E-state index is 0.0561. The molecule has 1 atom stereocenters. The zero-order chi connectivity index (χ0) is 26.4. The molecular weight excluding hydrogens is 521 g/mol. The molecule has 1 unspecified atom stereocenters. The number of primary sulfonamides is 2. The minimum atomic E-state index is -4.78. The maximum Gasteiger partial charge on any atom is 0.431 e. The van der Waals surface area contributed by atoms with Crippen molar-refractivity contribution < 1.29 is 30.0 Å². The molecule has 2 aliphatic heterocycles. The van der Waals surface area contributed by atoms with Gasteiger partial charge in [0.2, 0.25) is 26.2 Å². The predicted molar refractivity (Wildman–Crippen MR) is 127 cm³/mol. The molecule has 1 fully saturated rings. The first kappa shape index (κ1) is 26.2. The number of rotatable bonds is 4. The molecule has 0 bridgehead atoms. The van der Waals surface area contributed by atoms with Crippen molar-refractivity contribution in [2.24, 2.45) is 20.3 Å². The summed E-state index contributed by atoms with van der Waals surface area (Å²) in [5, 5.41) is 13.8. The predicted octanol–water partition coefficient (Wildman–Crippen LogP) is 0.544. The van der Waals surface area contributed by atoms with Crippen molar-refractivity contribution in [2.75, 3.05) is 26.2 Å². The van der Waals surface area contributed by atoms with Crippen LogP contribution in [0.15, 0.2) is 68.3 Å². The highest BCUT2D eigenvalue weighted by molar-refractivity contribution is 7.89. The van der Waals surface area contributed by atoms with E-state index in [-0.39, 0.29) is 26.8 Å². The van der Waals surface area contributed by atoms with E-state index in [1.165, 1.54) is 48.5 Å². The van der Waals surface area contributed by atoms with E-state index < -0.39 is 37.8 Å². The molecule has 36 heavy (non-hydrogen) atoms. The third kappa shape index (κ3) is 5.01. The number of sulfonamides is 2. The second-order valence-corrected chi connectivity index (χ2v) is 11.5. The normalized spacial score (nSPS) is 20.8. The van der Waals surface area contributed by atoms with E-state index >= 15 is 0 Å². The lowest BCUT2D eigenvalue weighted by atomic mass is 9.73. The molecule has 0 aromatic heterocycles. The van der Waals surface area contributed by atoms with Gasteiger partial charge in [-0.05, 0) is 35.4 Å². The van der Waals surface area contributed by atoms with Gasteiger partial charge in [-0.2, -0.15) is 13.2 Å². The molecule has 15 heteroatoms. The number of nitrogens with zero attached hydrogens (tertiary/aromatic N) is 3. The highest BCUT2D eigenvalue weighted by Gasteiger charge is 2.49. The van der Waals surface area contributed by atoms with Crippen LogP contribution in [0.2, 0.25) is 0 Å². The summed E-state index contributed by atoms with van der Waals surface area (Å²) in [6.07, 6.45) is -6.13. The molecule has 2 aromatic rings. The highest BCUT2D eigenvalue weighted by Crippen LogP contribution is 2.40. The van der Waals surface area contributed by atoms with Crippen LogP contribution in [0.3, 0.4) is 0 Å². The van der Waals surface area contributed by atoms with Gasteiger partial charge < -0.3 is 10.2 Å². The fourth-order valence-electron chi connectivity index (χ4n) is 4.27. The van der Waals surface area contributed by atoms with Crippen molar-refractivity contribution in [1.82, 2.24) is 10.2 Å². The molecule has 0 saturated carbocycles. The number of amidine groups is 1. The number of piperazine rings is 1. The number of nitrogens with one attached hydrogen (secondary N) is 1. The topological polar surface area (TPSA) is 160 Å². The minimum Gasteiger partial charge on any atom is -0.356 e. The van der Waals surface area contributed by atoms with E-state index in [0.29, 0.717) is 26.2 Å². The van der Waals surface area contributed by atoms with E-state index in [1.54, 1.807) is 4.90 Å². The SMILES string of the molecule is NS(=O)(=O)c1cccc(C2(c3cccc(S(N)(=O)=O)c3)C=NC(C(F)(F)F)N=C2N2CCNCC2)c1. The number of halogens is 3. The molecule has 10 nitrogen and oxygen atoms in total. The Kier molecular flexibility index (Phi) is 6.72. The van der Waals surface area contributed by atoms with Gasteiger partial charge in [0.25, 0.3) is 0 Å². The summed E-state index contributed by atoms with van der Waals surface area (Å²) in [4.78, 5) is 8.77. The Bertz CT molecular complexity index is 1360. The van der Waals surface area contributed by atoms with Crippen LogP contribution in [0.1, 0.15) is 11.1 Å². The number of hydrogen-bond donors (Lipinski definition) is 3. The molecule has 194 valence electrons. The molecule has 2 aliphatic rings. The van der Waals surface area contributed by atoms with Crippen LogP contribution in [-0.4, -0.2) is 72.3 Å². The van der Waals surface area contributed by atoms with Crippen LogP contribution in [0.4, 0.5) is 13.2 Å². The third-order valence-electron chi connectivity index (χ3n) is 5.95. The standard InChI is InChI=1S/C21H23F3N6O4S2/c22-21(23,24)18-28-13-20(19(29-18)30-9-7-27-8-10-30,14-3-1-5-16(11-14)35(25,31)32)15-4-2-6-17(12-15)36(26,33)34/h1-6,11-13,18,27H,7-10H2,(H2,25,31,32)(H2,26,33,34). The first-order valence-electron chi connectivity index (χ1n) is 10.6. The van der Waals surface area contributed by atoms with E-state index in [0.717, 1.165) is 6.21 Å². The monoisotopic (exact) mass is 544 g/mol. The van der Waals surface area contributed by atoms with Crippen molar-refractivity contribution >= 4 is 32.1 Å². The van der Waals surface area contributed by atoms with Crippen molar-refractivity contribution in [3.05, 3.63) is 59.7 Å². The van der Waals surface area contributed by atoms with Crippen LogP contribution >= 0.6 is 0 Å². The van der Waals surface area contributed by atoms with Gasteiger partial charge >= 0.3 is 6.18 Å². The van der Waals surface area contributed by atoms with Gasteiger partial charge in [-0.1, -0.05) is 24.3 Å². The van der Waals surface area contributed by atoms with Crippen LogP contribution in [0.25, 0.3) is 0 Å². The maximum atomic E-state index is 13.7. The van der Waals surface area contributed by atoms with Gasteiger partial charge in [-0.3, -0.25) is 4.99 Å². The van der Waals surface area contributed by atoms with Crippen molar-refractivity contribution in [3.8, 4) is 0 Å². The van der Waals surface area contributed by atoms with Gasteiger partial charge in [0.05, 0.1) is 9.79 Å². The lowest BCUT2D eigenvalue weighted by molar-refractivity contribution is -0.145. The Labute approximate surface area is 206 Å². The summed E-state index contributed by atoms with van der Waals surface area (Å²) in [5.74, 6) is -0.0561. The average Bonchev–Trinajstić information content (AvgIpc) is 2.82. The van der Waals surface area contributed by atoms with E-state index in [9.17, 15) is 30.0 Å². The Morgan fingerprint density at radius 3 is 1.86 bits per heavy atom. The van der Waals surface area contributed by atoms with Crippen LogP contribution in [-0.2, 0) is 25.5 Å². The number of nitrogens with two attached hydrogens (primary N) is 2. The summed E-state index contributed by atoms with van der Waals surface area (Å²) >= 11 is 0. The van der Waals surface area contributed by atoms with Crippen LogP contribution < -0.4 is 15.6 Å². The molecule has 0 aliphatic carbocycles. The molecule has 1 saturated heterocycles. The number of hydrogen-bond acceptors (Lipinski definition) is 8. The fraction of sp³-hybridized carbons (Fsp3) is 0.333. The largest absolute Gasteiger partial charge is 0.431 e. The second-order valence-electron chi connectivity index (χ2n) is 8.34. The molecule has 2 heterocycles. The summed E-state index contributed by atoms with van der Waals surface area (Å²) < 4.78 is 89.7. The van der Waals surface area contributed by atoms with Crippen molar-refractivity contribution in [1.29, 1.82) is 0 Å².